The third-order valence-electron chi connectivity index (χ3n) is 2.16. The average molecular weight is 302 g/mol. The standard InChI is InChI=1S/C11H15ISi/c1-4-13(2,3)9-10-7-5-6-8-11(10)12/h4-8H,1,9H2,2-3H3. The van der Waals surface area contributed by atoms with Gasteiger partial charge in [0.15, 0.2) is 0 Å². The Kier molecular flexibility index (Phi) is 3.73. The Balaban J connectivity index is 2.86. The molecule has 0 heterocycles. The summed E-state index contributed by atoms with van der Waals surface area (Å²) in [5.74, 6) is 0. The lowest BCUT2D eigenvalue weighted by molar-refractivity contribution is 1.30. The van der Waals surface area contributed by atoms with E-state index in [1.54, 1.807) is 0 Å². The number of rotatable bonds is 3. The summed E-state index contributed by atoms with van der Waals surface area (Å²) in [5.41, 5.74) is 3.63. The van der Waals surface area contributed by atoms with E-state index in [9.17, 15) is 0 Å². The van der Waals surface area contributed by atoms with Crippen LogP contribution >= 0.6 is 22.6 Å². The molecule has 0 nitrogen and oxygen atoms in total. The molecule has 1 rings (SSSR count). The van der Waals surface area contributed by atoms with Gasteiger partial charge in [-0.05, 0) is 40.3 Å². The minimum absolute atomic E-state index is 1.19. The molecule has 0 amide bonds. The first kappa shape index (κ1) is 11.0. The van der Waals surface area contributed by atoms with E-state index in [0.717, 1.165) is 0 Å². The molecule has 13 heavy (non-hydrogen) atoms. The van der Waals surface area contributed by atoms with Crippen molar-refractivity contribution < 1.29 is 0 Å². The van der Waals surface area contributed by atoms with Crippen molar-refractivity contribution in [2.24, 2.45) is 0 Å². The van der Waals surface area contributed by atoms with Crippen molar-refractivity contribution in [3.05, 3.63) is 45.7 Å². The molecular formula is C11H15ISi. The largest absolute Gasteiger partial charge is 0.107 e. The van der Waals surface area contributed by atoms with Gasteiger partial charge in [0.25, 0.3) is 0 Å². The minimum Gasteiger partial charge on any atom is -0.107 e. The van der Waals surface area contributed by atoms with E-state index >= 15 is 0 Å². The molecule has 0 aliphatic rings. The molecule has 0 aliphatic heterocycles. The molecule has 0 radical (unpaired) electrons. The topological polar surface area (TPSA) is 0 Å². The molecule has 0 saturated heterocycles. The zero-order valence-electron chi connectivity index (χ0n) is 8.18. The van der Waals surface area contributed by atoms with E-state index in [-0.39, 0.29) is 0 Å². The van der Waals surface area contributed by atoms with Crippen LogP contribution in [0.3, 0.4) is 0 Å². The van der Waals surface area contributed by atoms with Crippen molar-refractivity contribution in [3.63, 3.8) is 0 Å². The van der Waals surface area contributed by atoms with Crippen molar-refractivity contribution in [2.45, 2.75) is 19.1 Å². The fourth-order valence-electron chi connectivity index (χ4n) is 1.20. The first-order valence-corrected chi connectivity index (χ1v) is 8.78. The third-order valence-corrected chi connectivity index (χ3v) is 5.61. The molecule has 1 aromatic carbocycles. The zero-order chi connectivity index (χ0) is 9.90. The molecule has 0 unspecified atom stereocenters. The maximum Gasteiger partial charge on any atom is 0.0753 e. The van der Waals surface area contributed by atoms with E-state index in [2.05, 4.69) is 72.2 Å². The van der Waals surface area contributed by atoms with Crippen molar-refractivity contribution in [1.29, 1.82) is 0 Å². The van der Waals surface area contributed by atoms with Crippen LogP contribution < -0.4 is 0 Å². The van der Waals surface area contributed by atoms with Gasteiger partial charge < -0.3 is 0 Å². The van der Waals surface area contributed by atoms with Gasteiger partial charge in [0.05, 0.1) is 8.07 Å². The summed E-state index contributed by atoms with van der Waals surface area (Å²) in [7, 11) is -1.19. The monoisotopic (exact) mass is 302 g/mol. The smallest absolute Gasteiger partial charge is 0.0753 e. The van der Waals surface area contributed by atoms with Gasteiger partial charge in [-0.2, -0.15) is 0 Å². The number of hydrogen-bond acceptors (Lipinski definition) is 0. The highest BCUT2D eigenvalue weighted by Crippen LogP contribution is 2.17. The molecule has 0 aromatic heterocycles. The SMILES string of the molecule is C=C[Si](C)(C)Cc1ccccc1I. The lowest BCUT2D eigenvalue weighted by atomic mass is 10.2. The molecule has 0 N–H and O–H groups in total. The van der Waals surface area contributed by atoms with Gasteiger partial charge in [0.1, 0.15) is 0 Å². The summed E-state index contributed by atoms with van der Waals surface area (Å²) in [5, 5.41) is 0. The fraction of sp³-hybridized carbons (Fsp3) is 0.273. The van der Waals surface area contributed by atoms with Crippen molar-refractivity contribution in [1.82, 2.24) is 0 Å². The molecular weight excluding hydrogens is 287 g/mol. The molecule has 0 aliphatic carbocycles. The Morgan fingerprint density at radius 3 is 2.54 bits per heavy atom. The average Bonchev–Trinajstić information content (AvgIpc) is 2.09. The Morgan fingerprint density at radius 2 is 2.00 bits per heavy atom. The second kappa shape index (κ2) is 4.42. The van der Waals surface area contributed by atoms with Gasteiger partial charge in [0.2, 0.25) is 0 Å². The molecule has 0 saturated carbocycles. The van der Waals surface area contributed by atoms with Crippen LogP contribution in [0.1, 0.15) is 5.56 Å². The summed E-state index contributed by atoms with van der Waals surface area (Å²) in [6.07, 6.45) is 0. The first-order chi connectivity index (χ1) is 6.05. The molecule has 0 spiro atoms. The van der Waals surface area contributed by atoms with Crippen molar-refractivity contribution >= 4 is 30.7 Å². The summed E-state index contributed by atoms with van der Waals surface area (Å²) in [4.78, 5) is 0. The van der Waals surface area contributed by atoms with Crippen LogP contribution in [0.4, 0.5) is 0 Å². The summed E-state index contributed by atoms with van der Waals surface area (Å²) < 4.78 is 1.38. The Hall–Kier alpha value is -0.0931. The quantitative estimate of drug-likeness (QED) is 0.588. The third kappa shape index (κ3) is 3.27. The second-order valence-electron chi connectivity index (χ2n) is 3.96. The van der Waals surface area contributed by atoms with Crippen LogP contribution in [0.25, 0.3) is 0 Å². The fourth-order valence-corrected chi connectivity index (χ4v) is 3.58. The molecule has 0 bridgehead atoms. The predicted octanol–water partition coefficient (Wildman–Crippen LogP) is 3.81. The maximum atomic E-state index is 3.92. The van der Waals surface area contributed by atoms with Gasteiger partial charge in [-0.25, -0.2) is 0 Å². The van der Waals surface area contributed by atoms with Gasteiger partial charge in [-0.1, -0.05) is 31.3 Å². The van der Waals surface area contributed by atoms with Gasteiger partial charge in [-0.15, -0.1) is 12.3 Å². The Morgan fingerprint density at radius 1 is 1.38 bits per heavy atom. The number of halogens is 1. The van der Waals surface area contributed by atoms with E-state index in [1.807, 2.05) is 0 Å². The van der Waals surface area contributed by atoms with E-state index in [1.165, 1.54) is 15.2 Å². The lowest BCUT2D eigenvalue weighted by Gasteiger charge is -2.17. The highest BCUT2D eigenvalue weighted by atomic mass is 127. The van der Waals surface area contributed by atoms with Crippen LogP contribution in [0.15, 0.2) is 36.5 Å². The molecule has 0 fully saturated rings. The highest BCUT2D eigenvalue weighted by Gasteiger charge is 2.17. The van der Waals surface area contributed by atoms with E-state index in [0.29, 0.717) is 0 Å². The zero-order valence-corrected chi connectivity index (χ0v) is 11.3. The summed E-state index contributed by atoms with van der Waals surface area (Å²) >= 11 is 2.40. The van der Waals surface area contributed by atoms with Gasteiger partial charge in [-0.3, -0.25) is 0 Å². The molecule has 2 heteroatoms. The molecule has 1 aromatic rings. The normalized spacial score (nSPS) is 11.3. The number of benzene rings is 1. The van der Waals surface area contributed by atoms with Crippen LogP contribution in [0, 0.1) is 3.57 Å². The minimum atomic E-state index is -1.19. The van der Waals surface area contributed by atoms with Crippen LogP contribution in [-0.4, -0.2) is 8.07 Å². The van der Waals surface area contributed by atoms with Crippen molar-refractivity contribution in [2.75, 3.05) is 0 Å². The second-order valence-corrected chi connectivity index (χ2v) is 9.86. The summed E-state index contributed by atoms with van der Waals surface area (Å²) in [6, 6.07) is 9.80. The molecule has 0 atom stereocenters. The van der Waals surface area contributed by atoms with Crippen LogP contribution in [-0.2, 0) is 6.04 Å². The van der Waals surface area contributed by atoms with Gasteiger partial charge in [0, 0.05) is 3.57 Å². The van der Waals surface area contributed by atoms with Crippen LogP contribution in [0.2, 0.25) is 13.1 Å². The highest BCUT2D eigenvalue weighted by molar-refractivity contribution is 14.1. The first-order valence-electron chi connectivity index (χ1n) is 4.42. The predicted molar refractivity (Wildman–Crippen MR) is 70.5 cm³/mol. The lowest BCUT2D eigenvalue weighted by Crippen LogP contribution is -2.26. The van der Waals surface area contributed by atoms with Crippen LogP contribution in [0.5, 0.6) is 0 Å². The number of hydrogen-bond donors (Lipinski definition) is 0. The Labute approximate surface area is 95.2 Å². The van der Waals surface area contributed by atoms with E-state index < -0.39 is 8.07 Å². The summed E-state index contributed by atoms with van der Waals surface area (Å²) in [6.45, 7) is 8.62. The van der Waals surface area contributed by atoms with Crippen molar-refractivity contribution in [3.8, 4) is 0 Å². The van der Waals surface area contributed by atoms with E-state index in [4.69, 9.17) is 0 Å². The van der Waals surface area contributed by atoms with Gasteiger partial charge >= 0.3 is 0 Å². The maximum absolute atomic E-state index is 3.92. The Bertz CT molecular complexity index is 305. The molecule has 70 valence electrons.